The molecule has 0 aliphatic heterocycles. The standard InChI is InChI=1S/C21H22N2O5S/c1-4-28-12-11-23-17-10-9-14(26-2)13-18(17)29-21(23)22-19(24)15-7-5-6-8-16(15)20(25)27-3/h5-10,13H,4,11-12H2,1-3H3. The van der Waals surface area contributed by atoms with Crippen LogP contribution in [0.5, 0.6) is 5.75 Å². The van der Waals surface area contributed by atoms with Crippen molar-refractivity contribution in [3.05, 3.63) is 58.4 Å². The molecule has 0 aliphatic rings. The van der Waals surface area contributed by atoms with Gasteiger partial charge in [-0.05, 0) is 37.3 Å². The summed E-state index contributed by atoms with van der Waals surface area (Å²) < 4.78 is 18.4. The van der Waals surface area contributed by atoms with E-state index < -0.39 is 11.9 Å². The second-order valence-electron chi connectivity index (χ2n) is 6.02. The number of methoxy groups -OCH3 is 2. The molecule has 0 aliphatic carbocycles. The Morgan fingerprint density at radius 3 is 2.55 bits per heavy atom. The number of benzene rings is 2. The Hall–Kier alpha value is -2.97. The highest BCUT2D eigenvalue weighted by Gasteiger charge is 2.17. The lowest BCUT2D eigenvalue weighted by Gasteiger charge is -2.06. The number of thiazole rings is 1. The summed E-state index contributed by atoms with van der Waals surface area (Å²) in [7, 11) is 2.89. The minimum absolute atomic E-state index is 0.187. The van der Waals surface area contributed by atoms with Gasteiger partial charge in [0.15, 0.2) is 4.80 Å². The molecule has 0 saturated heterocycles. The SMILES string of the molecule is CCOCCn1c(=NC(=O)c2ccccc2C(=O)OC)sc2cc(OC)ccc21. The van der Waals surface area contributed by atoms with Gasteiger partial charge in [0.1, 0.15) is 5.75 Å². The Morgan fingerprint density at radius 1 is 1.10 bits per heavy atom. The zero-order chi connectivity index (χ0) is 20.8. The molecule has 3 rings (SSSR count). The predicted molar refractivity (Wildman–Crippen MR) is 111 cm³/mol. The average molecular weight is 414 g/mol. The van der Waals surface area contributed by atoms with E-state index >= 15 is 0 Å². The van der Waals surface area contributed by atoms with E-state index in [-0.39, 0.29) is 11.1 Å². The molecule has 1 amide bonds. The smallest absolute Gasteiger partial charge is 0.338 e. The fourth-order valence-electron chi connectivity index (χ4n) is 2.89. The maximum atomic E-state index is 12.9. The second-order valence-corrected chi connectivity index (χ2v) is 7.03. The third kappa shape index (κ3) is 4.55. The number of ether oxygens (including phenoxy) is 3. The lowest BCUT2D eigenvalue weighted by Crippen LogP contribution is -2.20. The van der Waals surface area contributed by atoms with Crippen molar-refractivity contribution < 1.29 is 23.8 Å². The molecule has 0 saturated carbocycles. The van der Waals surface area contributed by atoms with Gasteiger partial charge in [0.25, 0.3) is 5.91 Å². The number of amides is 1. The van der Waals surface area contributed by atoms with Crippen molar-refractivity contribution in [3.8, 4) is 5.75 Å². The summed E-state index contributed by atoms with van der Waals surface area (Å²) in [5, 5.41) is 0. The quantitative estimate of drug-likeness (QED) is 0.438. The molecule has 29 heavy (non-hydrogen) atoms. The molecular formula is C21H22N2O5S. The Kier molecular flexibility index (Phi) is 6.79. The number of fused-ring (bicyclic) bond motifs is 1. The van der Waals surface area contributed by atoms with Gasteiger partial charge >= 0.3 is 5.97 Å². The highest BCUT2D eigenvalue weighted by molar-refractivity contribution is 7.16. The summed E-state index contributed by atoms with van der Waals surface area (Å²) >= 11 is 1.38. The number of aromatic nitrogens is 1. The molecule has 0 unspecified atom stereocenters. The Morgan fingerprint density at radius 2 is 1.86 bits per heavy atom. The Balaban J connectivity index is 2.10. The maximum absolute atomic E-state index is 12.9. The molecule has 1 heterocycles. The monoisotopic (exact) mass is 414 g/mol. The van der Waals surface area contributed by atoms with E-state index in [9.17, 15) is 9.59 Å². The van der Waals surface area contributed by atoms with Gasteiger partial charge in [-0.3, -0.25) is 4.79 Å². The molecule has 1 aromatic heterocycles. The average Bonchev–Trinajstić information content (AvgIpc) is 3.09. The van der Waals surface area contributed by atoms with Crippen molar-refractivity contribution in [2.75, 3.05) is 27.4 Å². The molecule has 0 atom stereocenters. The van der Waals surface area contributed by atoms with Crippen LogP contribution in [0.25, 0.3) is 10.2 Å². The summed E-state index contributed by atoms with van der Waals surface area (Å²) in [5.74, 6) is -0.353. The Bertz CT molecular complexity index is 1100. The molecule has 0 N–H and O–H groups in total. The molecular weight excluding hydrogens is 392 g/mol. The highest BCUT2D eigenvalue weighted by atomic mass is 32.1. The summed E-state index contributed by atoms with van der Waals surface area (Å²) in [6, 6.07) is 12.2. The number of rotatable bonds is 7. The van der Waals surface area contributed by atoms with Gasteiger partial charge in [-0.25, -0.2) is 4.79 Å². The fraction of sp³-hybridized carbons (Fsp3) is 0.286. The van der Waals surface area contributed by atoms with E-state index in [4.69, 9.17) is 14.2 Å². The third-order valence-corrected chi connectivity index (χ3v) is 5.35. The summed E-state index contributed by atoms with van der Waals surface area (Å²) in [6.45, 7) is 3.58. The van der Waals surface area contributed by atoms with Crippen LogP contribution in [0, 0.1) is 0 Å². The van der Waals surface area contributed by atoms with Crippen molar-refractivity contribution >= 4 is 33.4 Å². The van der Waals surface area contributed by atoms with Crippen molar-refractivity contribution in [1.29, 1.82) is 0 Å². The van der Waals surface area contributed by atoms with Gasteiger partial charge < -0.3 is 18.8 Å². The van der Waals surface area contributed by atoms with Crippen LogP contribution in [0.4, 0.5) is 0 Å². The number of esters is 1. The lowest BCUT2D eigenvalue weighted by atomic mass is 10.1. The second kappa shape index (κ2) is 9.49. The normalized spacial score (nSPS) is 11.6. The highest BCUT2D eigenvalue weighted by Crippen LogP contribution is 2.23. The van der Waals surface area contributed by atoms with E-state index in [2.05, 4.69) is 4.99 Å². The van der Waals surface area contributed by atoms with Crippen molar-refractivity contribution in [2.45, 2.75) is 13.5 Å². The van der Waals surface area contributed by atoms with Gasteiger partial charge in [-0.2, -0.15) is 4.99 Å². The molecule has 0 spiro atoms. The first-order valence-corrected chi connectivity index (χ1v) is 9.92. The van der Waals surface area contributed by atoms with Crippen LogP contribution in [0.2, 0.25) is 0 Å². The minimum atomic E-state index is -0.575. The van der Waals surface area contributed by atoms with Crippen LogP contribution in [-0.4, -0.2) is 43.9 Å². The van der Waals surface area contributed by atoms with E-state index in [1.807, 2.05) is 29.7 Å². The molecule has 8 heteroatoms. The number of carbonyl (C=O) groups is 2. The lowest BCUT2D eigenvalue weighted by molar-refractivity contribution is 0.0597. The van der Waals surface area contributed by atoms with Crippen molar-refractivity contribution in [1.82, 2.24) is 4.57 Å². The van der Waals surface area contributed by atoms with E-state index in [0.29, 0.717) is 24.6 Å². The van der Waals surface area contributed by atoms with Gasteiger partial charge in [0, 0.05) is 13.2 Å². The van der Waals surface area contributed by atoms with E-state index in [0.717, 1.165) is 16.0 Å². The molecule has 2 aromatic carbocycles. The van der Waals surface area contributed by atoms with Crippen LogP contribution in [0.15, 0.2) is 47.5 Å². The van der Waals surface area contributed by atoms with Gasteiger partial charge in [-0.1, -0.05) is 23.5 Å². The van der Waals surface area contributed by atoms with Crippen molar-refractivity contribution in [3.63, 3.8) is 0 Å². The number of carbonyl (C=O) groups excluding carboxylic acids is 2. The first kappa shape index (κ1) is 20.8. The maximum Gasteiger partial charge on any atom is 0.338 e. The number of hydrogen-bond donors (Lipinski definition) is 0. The van der Waals surface area contributed by atoms with Crippen molar-refractivity contribution in [2.24, 2.45) is 4.99 Å². The predicted octanol–water partition coefficient (Wildman–Crippen LogP) is 3.28. The van der Waals surface area contributed by atoms with Gasteiger partial charge in [0.05, 0.1) is 42.2 Å². The minimum Gasteiger partial charge on any atom is -0.497 e. The first-order valence-electron chi connectivity index (χ1n) is 9.10. The van der Waals surface area contributed by atoms with Crippen LogP contribution in [-0.2, 0) is 16.0 Å². The number of nitrogens with zero attached hydrogens (tertiary/aromatic N) is 2. The van der Waals surface area contributed by atoms with Gasteiger partial charge in [-0.15, -0.1) is 0 Å². The molecule has 0 bridgehead atoms. The third-order valence-electron chi connectivity index (χ3n) is 4.31. The molecule has 152 valence electrons. The topological polar surface area (TPSA) is 79.1 Å². The van der Waals surface area contributed by atoms with Crippen LogP contribution in [0.3, 0.4) is 0 Å². The first-order chi connectivity index (χ1) is 14.1. The molecule has 7 nitrogen and oxygen atoms in total. The van der Waals surface area contributed by atoms with E-state index in [1.54, 1.807) is 31.4 Å². The zero-order valence-electron chi connectivity index (χ0n) is 16.5. The molecule has 3 aromatic rings. The molecule has 0 radical (unpaired) electrons. The summed E-state index contributed by atoms with van der Waals surface area (Å²) in [5.41, 5.74) is 1.32. The Labute approximate surface area is 172 Å². The van der Waals surface area contributed by atoms with Crippen LogP contribution < -0.4 is 9.54 Å². The van der Waals surface area contributed by atoms with Crippen LogP contribution in [0.1, 0.15) is 27.6 Å². The zero-order valence-corrected chi connectivity index (χ0v) is 17.3. The number of hydrogen-bond acceptors (Lipinski definition) is 6. The largest absolute Gasteiger partial charge is 0.497 e. The van der Waals surface area contributed by atoms with Crippen LogP contribution >= 0.6 is 11.3 Å². The molecule has 0 fully saturated rings. The van der Waals surface area contributed by atoms with E-state index in [1.165, 1.54) is 18.4 Å². The summed E-state index contributed by atoms with van der Waals surface area (Å²) in [6.07, 6.45) is 0. The fourth-order valence-corrected chi connectivity index (χ4v) is 3.97. The van der Waals surface area contributed by atoms with Gasteiger partial charge in [0.2, 0.25) is 0 Å². The summed E-state index contributed by atoms with van der Waals surface area (Å²) in [4.78, 5) is 29.7.